The van der Waals surface area contributed by atoms with Crippen molar-refractivity contribution in [2.45, 2.75) is 25.7 Å². The van der Waals surface area contributed by atoms with Crippen molar-refractivity contribution in [2.75, 3.05) is 23.7 Å². The molecule has 1 aromatic heterocycles. The van der Waals surface area contributed by atoms with Crippen molar-refractivity contribution in [3.05, 3.63) is 23.6 Å². The molecule has 0 atom stereocenters. The van der Waals surface area contributed by atoms with Gasteiger partial charge in [0, 0.05) is 19.2 Å². The average Bonchev–Trinajstić information content (AvgIpc) is 2.75. The Bertz CT molecular complexity index is 725. The Hall–Kier alpha value is -2.44. The standard InChI is InChI=1S/C15H18FN5O/c16-9-7-10-11(20-14(17)13(19-10)15(18)22)8-12(9)21-5-3-1-2-4-6-21/h7-8H,1-6H2,(H2,17,20)(H2,18,22). The molecule has 22 heavy (non-hydrogen) atoms. The smallest absolute Gasteiger partial charge is 0.271 e. The maximum atomic E-state index is 14.4. The van der Waals surface area contributed by atoms with Gasteiger partial charge >= 0.3 is 0 Å². The predicted molar refractivity (Wildman–Crippen MR) is 83.1 cm³/mol. The SMILES string of the molecule is NC(=O)c1nc2cc(F)c(N3CCCCCC3)cc2nc1N. The zero-order valence-electron chi connectivity index (χ0n) is 12.2. The summed E-state index contributed by atoms with van der Waals surface area (Å²) in [5.41, 5.74) is 12.0. The highest BCUT2D eigenvalue weighted by Crippen LogP contribution is 2.27. The summed E-state index contributed by atoms with van der Waals surface area (Å²) in [4.78, 5) is 21.4. The second-order valence-electron chi connectivity index (χ2n) is 5.52. The number of amides is 1. The second kappa shape index (κ2) is 5.75. The van der Waals surface area contributed by atoms with E-state index in [0.29, 0.717) is 11.2 Å². The second-order valence-corrected chi connectivity index (χ2v) is 5.52. The molecule has 1 aliphatic heterocycles. The Labute approximate surface area is 127 Å². The van der Waals surface area contributed by atoms with Crippen molar-refractivity contribution in [3.63, 3.8) is 0 Å². The van der Waals surface area contributed by atoms with Gasteiger partial charge in [0.1, 0.15) is 5.82 Å². The fourth-order valence-electron chi connectivity index (χ4n) is 2.82. The third-order valence-electron chi connectivity index (χ3n) is 3.94. The summed E-state index contributed by atoms with van der Waals surface area (Å²) in [7, 11) is 0. The molecule has 7 heteroatoms. The van der Waals surface area contributed by atoms with E-state index in [0.717, 1.165) is 25.9 Å². The van der Waals surface area contributed by atoms with Crippen molar-refractivity contribution < 1.29 is 9.18 Å². The lowest BCUT2D eigenvalue weighted by molar-refractivity contribution is 0.0996. The largest absolute Gasteiger partial charge is 0.382 e. The summed E-state index contributed by atoms with van der Waals surface area (Å²) >= 11 is 0. The summed E-state index contributed by atoms with van der Waals surface area (Å²) in [5, 5.41) is 0. The third kappa shape index (κ3) is 2.66. The fraction of sp³-hybridized carbons (Fsp3) is 0.400. The molecule has 4 N–H and O–H groups in total. The van der Waals surface area contributed by atoms with E-state index in [1.807, 2.05) is 4.90 Å². The third-order valence-corrected chi connectivity index (χ3v) is 3.94. The molecule has 1 aliphatic rings. The highest BCUT2D eigenvalue weighted by Gasteiger charge is 2.17. The van der Waals surface area contributed by atoms with E-state index in [1.165, 1.54) is 18.9 Å². The zero-order chi connectivity index (χ0) is 15.7. The van der Waals surface area contributed by atoms with E-state index >= 15 is 0 Å². The van der Waals surface area contributed by atoms with Crippen LogP contribution in [0.15, 0.2) is 12.1 Å². The normalized spacial score (nSPS) is 15.8. The first kappa shape index (κ1) is 14.5. The van der Waals surface area contributed by atoms with Gasteiger partial charge < -0.3 is 16.4 Å². The van der Waals surface area contributed by atoms with Crippen LogP contribution in [0.1, 0.15) is 36.2 Å². The van der Waals surface area contributed by atoms with Crippen LogP contribution < -0.4 is 16.4 Å². The van der Waals surface area contributed by atoms with E-state index < -0.39 is 5.91 Å². The van der Waals surface area contributed by atoms with E-state index in [1.54, 1.807) is 6.07 Å². The summed E-state index contributed by atoms with van der Waals surface area (Å²) in [6.45, 7) is 1.65. The van der Waals surface area contributed by atoms with Crippen LogP contribution in [-0.2, 0) is 0 Å². The lowest BCUT2D eigenvalue weighted by atomic mass is 10.2. The van der Waals surface area contributed by atoms with E-state index in [9.17, 15) is 9.18 Å². The number of rotatable bonds is 2. The van der Waals surface area contributed by atoms with Crippen molar-refractivity contribution in [3.8, 4) is 0 Å². The van der Waals surface area contributed by atoms with Gasteiger partial charge in [0.05, 0.1) is 16.7 Å². The number of fused-ring (bicyclic) bond motifs is 1. The molecule has 0 unspecified atom stereocenters. The van der Waals surface area contributed by atoms with Gasteiger partial charge in [-0.3, -0.25) is 4.79 Å². The Morgan fingerprint density at radius 3 is 2.36 bits per heavy atom. The van der Waals surface area contributed by atoms with Crippen LogP contribution in [0.25, 0.3) is 11.0 Å². The number of nitrogens with zero attached hydrogens (tertiary/aromatic N) is 3. The Morgan fingerprint density at radius 2 is 1.73 bits per heavy atom. The Morgan fingerprint density at radius 1 is 1.09 bits per heavy atom. The number of carbonyl (C=O) groups is 1. The summed E-state index contributed by atoms with van der Waals surface area (Å²) in [5.74, 6) is -1.18. The summed E-state index contributed by atoms with van der Waals surface area (Å²) in [6, 6.07) is 2.93. The van der Waals surface area contributed by atoms with Gasteiger partial charge in [-0.1, -0.05) is 12.8 Å². The minimum Gasteiger partial charge on any atom is -0.382 e. The monoisotopic (exact) mass is 303 g/mol. The first-order valence-corrected chi connectivity index (χ1v) is 7.38. The molecule has 2 aromatic rings. The molecule has 1 amide bonds. The van der Waals surface area contributed by atoms with Crippen molar-refractivity contribution in [1.82, 2.24) is 9.97 Å². The van der Waals surface area contributed by atoms with Crippen LogP contribution in [0.3, 0.4) is 0 Å². The molecule has 1 aromatic carbocycles. The summed E-state index contributed by atoms with van der Waals surface area (Å²) in [6.07, 6.45) is 4.43. The number of hydrogen-bond donors (Lipinski definition) is 2. The average molecular weight is 303 g/mol. The number of carbonyl (C=O) groups excluding carboxylic acids is 1. The number of anilines is 2. The van der Waals surface area contributed by atoms with Crippen LogP contribution in [0.2, 0.25) is 0 Å². The van der Waals surface area contributed by atoms with Crippen molar-refractivity contribution in [1.29, 1.82) is 0 Å². The number of halogens is 1. The van der Waals surface area contributed by atoms with Crippen molar-refractivity contribution >= 4 is 28.4 Å². The van der Waals surface area contributed by atoms with Gasteiger partial charge in [0.2, 0.25) is 0 Å². The molecule has 6 nitrogen and oxygen atoms in total. The molecule has 0 saturated carbocycles. The lowest BCUT2D eigenvalue weighted by Gasteiger charge is -2.23. The number of primary amides is 1. The maximum Gasteiger partial charge on any atom is 0.271 e. The first-order chi connectivity index (χ1) is 10.6. The minimum absolute atomic E-state index is 0.0339. The van der Waals surface area contributed by atoms with E-state index in [-0.39, 0.29) is 22.8 Å². The molecule has 116 valence electrons. The van der Waals surface area contributed by atoms with E-state index in [4.69, 9.17) is 11.5 Å². The molecule has 0 bridgehead atoms. The number of nitrogens with two attached hydrogens (primary N) is 2. The van der Waals surface area contributed by atoms with Crippen LogP contribution in [0.4, 0.5) is 15.9 Å². The van der Waals surface area contributed by atoms with Gasteiger partial charge in [-0.2, -0.15) is 0 Å². The van der Waals surface area contributed by atoms with Crippen molar-refractivity contribution in [2.24, 2.45) is 5.73 Å². The molecule has 1 fully saturated rings. The zero-order valence-corrected chi connectivity index (χ0v) is 12.2. The first-order valence-electron chi connectivity index (χ1n) is 7.38. The highest BCUT2D eigenvalue weighted by molar-refractivity contribution is 5.97. The van der Waals surface area contributed by atoms with Crippen LogP contribution in [0.5, 0.6) is 0 Å². The molecular formula is C15H18FN5O. The lowest BCUT2D eigenvalue weighted by Crippen LogP contribution is -2.25. The number of nitrogen functional groups attached to an aromatic ring is 1. The van der Waals surface area contributed by atoms with Crippen LogP contribution in [-0.4, -0.2) is 29.0 Å². The van der Waals surface area contributed by atoms with Gasteiger partial charge in [-0.25, -0.2) is 14.4 Å². The molecule has 0 radical (unpaired) electrons. The highest BCUT2D eigenvalue weighted by atomic mass is 19.1. The molecule has 3 rings (SSSR count). The minimum atomic E-state index is -0.774. The van der Waals surface area contributed by atoms with Crippen LogP contribution in [0, 0.1) is 5.82 Å². The Balaban J connectivity index is 2.07. The van der Waals surface area contributed by atoms with E-state index in [2.05, 4.69) is 9.97 Å². The molecule has 2 heterocycles. The molecular weight excluding hydrogens is 285 g/mol. The number of hydrogen-bond acceptors (Lipinski definition) is 5. The molecule has 0 spiro atoms. The molecule has 1 saturated heterocycles. The maximum absolute atomic E-state index is 14.4. The fourth-order valence-corrected chi connectivity index (χ4v) is 2.82. The van der Waals surface area contributed by atoms with Gasteiger partial charge in [-0.05, 0) is 18.9 Å². The van der Waals surface area contributed by atoms with Gasteiger partial charge in [0.25, 0.3) is 5.91 Å². The molecule has 0 aliphatic carbocycles. The Kier molecular flexibility index (Phi) is 3.79. The van der Waals surface area contributed by atoms with Gasteiger partial charge in [0.15, 0.2) is 11.5 Å². The quantitative estimate of drug-likeness (QED) is 0.882. The summed E-state index contributed by atoms with van der Waals surface area (Å²) < 4.78 is 14.4. The predicted octanol–water partition coefficient (Wildman–Crippen LogP) is 1.83. The number of benzene rings is 1. The number of aromatic nitrogens is 2. The van der Waals surface area contributed by atoms with Crippen LogP contribution >= 0.6 is 0 Å². The topological polar surface area (TPSA) is 98.1 Å². The van der Waals surface area contributed by atoms with Gasteiger partial charge in [-0.15, -0.1) is 0 Å².